The van der Waals surface area contributed by atoms with E-state index in [-0.39, 0.29) is 27.4 Å². The van der Waals surface area contributed by atoms with Gasteiger partial charge in [0.25, 0.3) is 0 Å². The van der Waals surface area contributed by atoms with E-state index in [2.05, 4.69) is 20.6 Å². The molecule has 0 fully saturated rings. The molecule has 1 rings (SSSR count). The number of aromatic amines is 1. The molecule has 0 spiro atoms. The van der Waals surface area contributed by atoms with Crippen molar-refractivity contribution in [2.75, 3.05) is 0 Å². The van der Waals surface area contributed by atoms with E-state index in [1.54, 1.807) is 0 Å². The molecule has 1 aromatic rings. The highest BCUT2D eigenvalue weighted by Gasteiger charge is 1.58. The number of aromatic nitrogens is 4. The fraction of sp³-hybridized carbons (Fsp3) is 0. The molecule has 1 heterocycles. The van der Waals surface area contributed by atoms with E-state index in [4.69, 9.17) is 0 Å². The van der Waals surface area contributed by atoms with Gasteiger partial charge in [0.2, 0.25) is 0 Å². The van der Waals surface area contributed by atoms with Gasteiger partial charge in [-0.05, 0) is 0 Å². The van der Waals surface area contributed by atoms with Crippen LogP contribution in [0.3, 0.4) is 0 Å². The van der Waals surface area contributed by atoms with Crippen molar-refractivity contribution in [3.63, 3.8) is 0 Å². The highest BCUT2D eigenvalue weighted by molar-refractivity contribution is 4.24. The zero-order chi connectivity index (χ0) is 3.54. The molecule has 0 aliphatic carbocycles. The van der Waals surface area contributed by atoms with Crippen LogP contribution >= 0.6 is 0 Å². The van der Waals surface area contributed by atoms with Crippen molar-refractivity contribution in [3.05, 3.63) is 6.33 Å². The summed E-state index contributed by atoms with van der Waals surface area (Å²) in [7, 11) is 0. The van der Waals surface area contributed by atoms with Gasteiger partial charge in [-0.25, -0.2) is 0 Å². The Morgan fingerprint density at radius 3 is 1.50 bits per heavy atom. The first-order valence-electron chi connectivity index (χ1n) is 1.16. The first-order valence-corrected chi connectivity index (χ1v) is 1.16. The van der Waals surface area contributed by atoms with Crippen molar-refractivity contribution in [2.45, 2.75) is 0 Å². The molecule has 10 heavy (non-hydrogen) atoms. The first-order chi connectivity index (χ1) is 2.50. The van der Waals surface area contributed by atoms with E-state index in [0.29, 0.717) is 0 Å². The molecule has 1 aromatic heterocycles. The van der Waals surface area contributed by atoms with Crippen LogP contribution in [0.25, 0.3) is 0 Å². The molecule has 66 valence electrons. The number of H-pyrrole nitrogens is 1. The van der Waals surface area contributed by atoms with Crippen molar-refractivity contribution < 1.29 is 27.4 Å². The second kappa shape index (κ2) is 24.8. The van der Waals surface area contributed by atoms with Gasteiger partial charge in [-0.1, -0.05) is 5.21 Å². The summed E-state index contributed by atoms with van der Waals surface area (Å²) in [6.45, 7) is 0. The topological polar surface area (TPSA) is 212 Å². The minimum absolute atomic E-state index is 0. The smallest absolute Gasteiger partial charge is 0.161 e. The molecular weight excluding hydrogens is 148 g/mol. The predicted octanol–water partition coefficient (Wildman–Crippen LogP) is -4.92. The Kier molecular flexibility index (Phi) is 91.0. The van der Waals surface area contributed by atoms with Crippen molar-refractivity contribution >= 4 is 0 Å². The van der Waals surface area contributed by atoms with Crippen LogP contribution in [0, 0.1) is 0 Å². The van der Waals surface area contributed by atoms with Gasteiger partial charge in [0.1, 0.15) is 0 Å². The van der Waals surface area contributed by atoms with Gasteiger partial charge in [-0.15, -0.1) is 10.2 Å². The van der Waals surface area contributed by atoms with E-state index in [1.165, 1.54) is 6.33 Å². The number of nitrogens with zero attached hydrogens (tertiary/aromatic N) is 3. The highest BCUT2D eigenvalue weighted by atomic mass is 16.0. The summed E-state index contributed by atoms with van der Waals surface area (Å²) in [5.41, 5.74) is 0. The van der Waals surface area contributed by atoms with Gasteiger partial charge in [-0.2, -0.15) is 5.21 Å². The predicted molar refractivity (Wildman–Crippen MR) is 32.2 cm³/mol. The summed E-state index contributed by atoms with van der Waals surface area (Å²) in [6, 6.07) is 0. The summed E-state index contributed by atoms with van der Waals surface area (Å²) in [5.74, 6) is 0. The third kappa shape index (κ3) is 15.8. The minimum atomic E-state index is 0. The zero-order valence-corrected chi connectivity index (χ0v) is 4.92. The summed E-state index contributed by atoms with van der Waals surface area (Å²) in [6.07, 6.45) is 1.33. The number of tetrazole rings is 1. The van der Waals surface area contributed by atoms with Crippen LogP contribution in [0.15, 0.2) is 6.33 Å². The lowest BCUT2D eigenvalue weighted by Crippen LogP contribution is -1.64. The SMILES string of the molecule is O.O.O.O.O.c1nn[nH]n1. The Labute approximate surface area is 55.6 Å². The molecule has 0 aliphatic heterocycles. The van der Waals surface area contributed by atoms with Crippen LogP contribution in [-0.4, -0.2) is 48.0 Å². The molecule has 0 aromatic carbocycles. The van der Waals surface area contributed by atoms with Gasteiger partial charge in [0.05, 0.1) is 0 Å². The quantitative estimate of drug-likeness (QED) is 0.395. The van der Waals surface area contributed by atoms with E-state index >= 15 is 0 Å². The number of hydrogen-bond acceptors (Lipinski definition) is 3. The lowest BCUT2D eigenvalue weighted by Gasteiger charge is -1.44. The molecule has 0 atom stereocenters. The zero-order valence-electron chi connectivity index (χ0n) is 4.92. The maximum atomic E-state index is 3.38. The molecule has 0 unspecified atom stereocenters. The Morgan fingerprint density at radius 1 is 0.900 bits per heavy atom. The molecule has 0 radical (unpaired) electrons. The number of nitrogens with one attached hydrogen (secondary N) is 1. The molecule has 11 N–H and O–H groups in total. The molecule has 0 aliphatic rings. The van der Waals surface area contributed by atoms with Crippen LogP contribution in [0.1, 0.15) is 0 Å². The molecule has 0 bridgehead atoms. The Hall–Kier alpha value is -1.13. The van der Waals surface area contributed by atoms with E-state index in [0.717, 1.165) is 0 Å². The fourth-order valence-electron chi connectivity index (χ4n) is 0.129. The maximum Gasteiger partial charge on any atom is 0.161 e. The van der Waals surface area contributed by atoms with Crippen molar-refractivity contribution in [1.82, 2.24) is 20.6 Å². The Balaban J connectivity index is -0.0000000167. The molecule has 0 saturated carbocycles. The van der Waals surface area contributed by atoms with Crippen LogP contribution < -0.4 is 0 Å². The van der Waals surface area contributed by atoms with Crippen LogP contribution in [0.5, 0.6) is 0 Å². The lowest BCUT2D eigenvalue weighted by molar-refractivity contribution is 0.823. The van der Waals surface area contributed by atoms with Gasteiger partial charge >= 0.3 is 0 Å². The Bertz CT molecular complexity index is 70.1. The van der Waals surface area contributed by atoms with Crippen molar-refractivity contribution in [1.29, 1.82) is 0 Å². The summed E-state index contributed by atoms with van der Waals surface area (Å²) in [5, 5.41) is 12.2. The average molecular weight is 160 g/mol. The second-order valence-corrected chi connectivity index (χ2v) is 0.560. The van der Waals surface area contributed by atoms with Crippen molar-refractivity contribution in [3.8, 4) is 0 Å². The summed E-state index contributed by atoms with van der Waals surface area (Å²) in [4.78, 5) is 0. The molecular formula is CH12N4O5. The summed E-state index contributed by atoms with van der Waals surface area (Å²) < 4.78 is 0. The van der Waals surface area contributed by atoms with Crippen LogP contribution in [0.2, 0.25) is 0 Å². The fourth-order valence-corrected chi connectivity index (χ4v) is 0.129. The average Bonchev–Trinajstić information content (AvgIpc) is 1.76. The third-order valence-electron chi connectivity index (χ3n) is 0.270. The summed E-state index contributed by atoms with van der Waals surface area (Å²) >= 11 is 0. The monoisotopic (exact) mass is 160 g/mol. The maximum absolute atomic E-state index is 3.38. The normalized spacial score (nSPS) is 4.00. The van der Waals surface area contributed by atoms with Gasteiger partial charge in [0, 0.05) is 0 Å². The molecule has 9 heteroatoms. The van der Waals surface area contributed by atoms with Gasteiger partial charge < -0.3 is 27.4 Å². The lowest BCUT2D eigenvalue weighted by atomic mass is 11.4. The van der Waals surface area contributed by atoms with E-state index in [1.807, 2.05) is 0 Å². The van der Waals surface area contributed by atoms with Crippen LogP contribution in [-0.2, 0) is 0 Å². The number of hydrogen-bond donors (Lipinski definition) is 1. The van der Waals surface area contributed by atoms with E-state index < -0.39 is 0 Å². The first kappa shape index (κ1) is 36.7. The van der Waals surface area contributed by atoms with Gasteiger partial charge in [-0.3, -0.25) is 0 Å². The second-order valence-electron chi connectivity index (χ2n) is 0.560. The third-order valence-corrected chi connectivity index (χ3v) is 0.270. The van der Waals surface area contributed by atoms with E-state index in [9.17, 15) is 0 Å². The Morgan fingerprint density at radius 2 is 1.40 bits per heavy atom. The standard InChI is InChI=1S/CH2N4.5H2O/c1-2-4-5-3-1;;;;;/h1H,(H,2,3,4,5);5*1H2. The van der Waals surface area contributed by atoms with Crippen LogP contribution in [0.4, 0.5) is 0 Å². The molecule has 9 nitrogen and oxygen atoms in total. The minimum Gasteiger partial charge on any atom is -0.412 e. The molecule has 0 saturated heterocycles. The highest BCUT2D eigenvalue weighted by Crippen LogP contribution is 1.43. The number of rotatable bonds is 0. The largest absolute Gasteiger partial charge is 0.412 e. The molecule has 0 amide bonds. The van der Waals surface area contributed by atoms with Crippen molar-refractivity contribution in [2.24, 2.45) is 0 Å². The van der Waals surface area contributed by atoms with Gasteiger partial charge in [0.15, 0.2) is 6.33 Å².